The van der Waals surface area contributed by atoms with Crippen molar-refractivity contribution in [3.05, 3.63) is 59.9 Å². The highest BCUT2D eigenvalue weighted by Crippen LogP contribution is 2.33. The maximum absolute atomic E-state index is 12.5. The number of hydrogen-bond donors (Lipinski definition) is 2. The van der Waals surface area contributed by atoms with E-state index in [4.69, 9.17) is 9.47 Å². The monoisotopic (exact) mass is 364 g/mol. The Bertz CT molecular complexity index is 1050. The van der Waals surface area contributed by atoms with E-state index in [0.29, 0.717) is 22.8 Å². The molecule has 0 aliphatic carbocycles. The van der Waals surface area contributed by atoms with Crippen LogP contribution in [0.15, 0.2) is 43.0 Å². The number of nitrogens with zero attached hydrogens (tertiary/aromatic N) is 2. The van der Waals surface area contributed by atoms with Crippen LogP contribution >= 0.6 is 0 Å². The van der Waals surface area contributed by atoms with Gasteiger partial charge in [-0.3, -0.25) is 15.6 Å². The molecule has 0 saturated carbocycles. The zero-order chi connectivity index (χ0) is 19.0. The van der Waals surface area contributed by atoms with E-state index in [2.05, 4.69) is 33.9 Å². The number of imidazole rings is 1. The van der Waals surface area contributed by atoms with Crippen LogP contribution in [0.2, 0.25) is 0 Å². The number of rotatable bonds is 5. The second kappa shape index (κ2) is 6.68. The number of carbonyl (C=O) groups is 1. The SMILES string of the molecule is C=C(NNC(=O)c1ccc2c(c1)nc(C)n2CC)c1ccc2c(c1)OCO2. The van der Waals surface area contributed by atoms with Crippen molar-refractivity contribution in [3.8, 4) is 11.5 Å². The summed E-state index contributed by atoms with van der Waals surface area (Å²) in [5.74, 6) is 2.03. The van der Waals surface area contributed by atoms with Gasteiger partial charge in [0.1, 0.15) is 5.82 Å². The highest BCUT2D eigenvalue weighted by Gasteiger charge is 2.15. The van der Waals surface area contributed by atoms with Crippen molar-refractivity contribution in [2.45, 2.75) is 20.4 Å². The van der Waals surface area contributed by atoms with Gasteiger partial charge in [-0.15, -0.1) is 0 Å². The van der Waals surface area contributed by atoms with E-state index in [1.165, 1.54) is 0 Å². The van der Waals surface area contributed by atoms with Crippen LogP contribution in [0.1, 0.15) is 28.7 Å². The summed E-state index contributed by atoms with van der Waals surface area (Å²) in [4.78, 5) is 17.0. The molecule has 1 amide bonds. The Morgan fingerprint density at radius 2 is 1.93 bits per heavy atom. The van der Waals surface area contributed by atoms with Gasteiger partial charge < -0.3 is 14.0 Å². The maximum Gasteiger partial charge on any atom is 0.269 e. The first-order chi connectivity index (χ1) is 13.1. The molecule has 0 spiro atoms. The molecule has 1 aromatic heterocycles. The third-order valence-electron chi connectivity index (χ3n) is 4.57. The lowest BCUT2D eigenvalue weighted by Crippen LogP contribution is -2.35. The minimum absolute atomic E-state index is 0.213. The molecule has 138 valence electrons. The molecule has 0 bridgehead atoms. The van der Waals surface area contributed by atoms with Gasteiger partial charge in [0, 0.05) is 17.7 Å². The molecule has 7 nitrogen and oxygen atoms in total. The summed E-state index contributed by atoms with van der Waals surface area (Å²) in [6, 6.07) is 11.0. The lowest BCUT2D eigenvalue weighted by Gasteiger charge is -2.12. The zero-order valence-electron chi connectivity index (χ0n) is 15.2. The van der Waals surface area contributed by atoms with Crippen LogP contribution in [0.25, 0.3) is 16.7 Å². The number of nitrogens with one attached hydrogen (secondary N) is 2. The number of hydrogen-bond acceptors (Lipinski definition) is 5. The standard InChI is InChI=1S/C20H20N4O3/c1-4-24-13(3)21-16-9-15(5-7-17(16)24)20(25)23-22-12(2)14-6-8-18-19(10-14)27-11-26-18/h5-10,22H,2,4,11H2,1,3H3,(H,23,25). The van der Waals surface area contributed by atoms with E-state index in [-0.39, 0.29) is 12.7 Å². The molecule has 1 aliphatic heterocycles. The van der Waals surface area contributed by atoms with E-state index >= 15 is 0 Å². The van der Waals surface area contributed by atoms with E-state index in [1.54, 1.807) is 12.1 Å². The second-order valence-electron chi connectivity index (χ2n) is 6.23. The van der Waals surface area contributed by atoms with Crippen LogP contribution in [0.5, 0.6) is 11.5 Å². The number of aryl methyl sites for hydroxylation is 2. The van der Waals surface area contributed by atoms with Crippen molar-refractivity contribution in [2.24, 2.45) is 0 Å². The molecule has 0 unspecified atom stereocenters. The number of amides is 1. The third kappa shape index (κ3) is 3.08. The number of aromatic nitrogens is 2. The Balaban J connectivity index is 1.46. The average Bonchev–Trinajstić information content (AvgIpc) is 3.27. The van der Waals surface area contributed by atoms with Gasteiger partial charge >= 0.3 is 0 Å². The van der Waals surface area contributed by atoms with Crippen LogP contribution in [-0.2, 0) is 6.54 Å². The fourth-order valence-electron chi connectivity index (χ4n) is 3.15. The molecule has 2 heterocycles. The molecule has 4 rings (SSSR count). The molecule has 0 atom stereocenters. The lowest BCUT2D eigenvalue weighted by atomic mass is 10.1. The Morgan fingerprint density at radius 1 is 1.15 bits per heavy atom. The predicted octanol–water partition coefficient (Wildman–Crippen LogP) is 3.00. The number of fused-ring (bicyclic) bond motifs is 2. The topological polar surface area (TPSA) is 77.4 Å². The smallest absolute Gasteiger partial charge is 0.269 e. The van der Waals surface area contributed by atoms with Gasteiger partial charge in [-0.25, -0.2) is 4.98 Å². The number of carbonyl (C=O) groups excluding carboxylic acids is 1. The fraction of sp³-hybridized carbons (Fsp3) is 0.200. The van der Waals surface area contributed by atoms with Crippen molar-refractivity contribution >= 4 is 22.6 Å². The first kappa shape index (κ1) is 17.0. The minimum Gasteiger partial charge on any atom is -0.454 e. The van der Waals surface area contributed by atoms with Gasteiger partial charge in [0.2, 0.25) is 6.79 Å². The van der Waals surface area contributed by atoms with Gasteiger partial charge in [-0.1, -0.05) is 6.58 Å². The Kier molecular flexibility index (Phi) is 4.19. The van der Waals surface area contributed by atoms with Crippen LogP contribution < -0.4 is 20.3 Å². The molecule has 3 aromatic rings. The van der Waals surface area contributed by atoms with E-state index in [9.17, 15) is 4.79 Å². The first-order valence-corrected chi connectivity index (χ1v) is 8.69. The molecule has 0 radical (unpaired) electrons. The predicted molar refractivity (Wildman–Crippen MR) is 102 cm³/mol. The van der Waals surface area contributed by atoms with Crippen molar-refractivity contribution in [3.63, 3.8) is 0 Å². The van der Waals surface area contributed by atoms with Crippen LogP contribution in [0, 0.1) is 6.92 Å². The summed E-state index contributed by atoms with van der Waals surface area (Å²) in [6.45, 7) is 9.03. The fourth-order valence-corrected chi connectivity index (χ4v) is 3.15. The number of benzene rings is 2. The molecule has 1 aliphatic rings. The van der Waals surface area contributed by atoms with E-state index in [1.807, 2.05) is 31.2 Å². The summed E-state index contributed by atoms with van der Waals surface area (Å²) >= 11 is 0. The number of ether oxygens (including phenoxy) is 2. The highest BCUT2D eigenvalue weighted by atomic mass is 16.7. The lowest BCUT2D eigenvalue weighted by molar-refractivity contribution is 0.0942. The van der Waals surface area contributed by atoms with Gasteiger partial charge in [-0.2, -0.15) is 0 Å². The van der Waals surface area contributed by atoms with Gasteiger partial charge in [-0.05, 0) is 50.2 Å². The highest BCUT2D eigenvalue weighted by molar-refractivity contribution is 5.97. The van der Waals surface area contributed by atoms with Crippen molar-refractivity contribution in [1.29, 1.82) is 0 Å². The van der Waals surface area contributed by atoms with Crippen molar-refractivity contribution < 1.29 is 14.3 Å². The molecule has 0 fully saturated rings. The number of hydrazine groups is 1. The van der Waals surface area contributed by atoms with Crippen LogP contribution in [0.3, 0.4) is 0 Å². The molecule has 7 heteroatoms. The summed E-state index contributed by atoms with van der Waals surface area (Å²) in [5.41, 5.74) is 9.21. The van der Waals surface area contributed by atoms with E-state index in [0.717, 1.165) is 29.0 Å². The van der Waals surface area contributed by atoms with Crippen molar-refractivity contribution in [1.82, 2.24) is 20.4 Å². The maximum atomic E-state index is 12.5. The molecular weight excluding hydrogens is 344 g/mol. The third-order valence-corrected chi connectivity index (χ3v) is 4.57. The summed E-state index contributed by atoms with van der Waals surface area (Å²) in [5, 5.41) is 0. The van der Waals surface area contributed by atoms with Gasteiger partial charge in [0.15, 0.2) is 11.5 Å². The molecular formula is C20H20N4O3. The molecule has 2 aromatic carbocycles. The molecule has 0 saturated heterocycles. The van der Waals surface area contributed by atoms with Gasteiger partial charge in [0.05, 0.1) is 16.7 Å². The van der Waals surface area contributed by atoms with Crippen LogP contribution in [-0.4, -0.2) is 22.3 Å². The first-order valence-electron chi connectivity index (χ1n) is 8.69. The summed E-state index contributed by atoms with van der Waals surface area (Å²) in [6.07, 6.45) is 0. The molecule has 27 heavy (non-hydrogen) atoms. The van der Waals surface area contributed by atoms with Crippen LogP contribution in [0.4, 0.5) is 0 Å². The van der Waals surface area contributed by atoms with Crippen molar-refractivity contribution in [2.75, 3.05) is 6.79 Å². The quantitative estimate of drug-likeness (QED) is 0.681. The average molecular weight is 364 g/mol. The second-order valence-corrected chi connectivity index (χ2v) is 6.23. The Morgan fingerprint density at radius 3 is 2.74 bits per heavy atom. The summed E-state index contributed by atoms with van der Waals surface area (Å²) in [7, 11) is 0. The Labute approximate surface area is 156 Å². The van der Waals surface area contributed by atoms with Gasteiger partial charge in [0.25, 0.3) is 5.91 Å². The molecule has 2 N–H and O–H groups in total. The zero-order valence-corrected chi connectivity index (χ0v) is 15.2. The summed E-state index contributed by atoms with van der Waals surface area (Å²) < 4.78 is 12.8. The largest absolute Gasteiger partial charge is 0.454 e. The van der Waals surface area contributed by atoms with E-state index < -0.39 is 0 Å². The normalized spacial score (nSPS) is 12.2. The Hall–Kier alpha value is -3.48. The minimum atomic E-state index is -0.262.